The molecule has 0 saturated carbocycles. The maximum absolute atomic E-state index is 12.6. The van der Waals surface area contributed by atoms with Crippen LogP contribution in [-0.2, 0) is 20.4 Å². The van der Waals surface area contributed by atoms with Gasteiger partial charge in [-0.25, -0.2) is 4.79 Å². The Morgan fingerprint density at radius 3 is 2.00 bits per heavy atom. The molecular formula is C33H30NO3S+. The highest BCUT2D eigenvalue weighted by Crippen LogP contribution is 2.45. The van der Waals surface area contributed by atoms with Gasteiger partial charge in [0.25, 0.3) is 0 Å². The largest absolute Gasteiger partial charge is 0.481 e. The first-order chi connectivity index (χ1) is 18.3. The van der Waals surface area contributed by atoms with E-state index >= 15 is 0 Å². The molecule has 0 radical (unpaired) electrons. The van der Waals surface area contributed by atoms with Gasteiger partial charge in [0.1, 0.15) is 16.6 Å². The zero-order valence-electron chi connectivity index (χ0n) is 22.0. The number of carbonyl (C=O) groups is 1. The van der Waals surface area contributed by atoms with Gasteiger partial charge < -0.3 is 14.8 Å². The molecule has 1 heterocycles. The molecule has 0 amide bonds. The molecule has 0 bridgehead atoms. The minimum Gasteiger partial charge on any atom is -0.481 e. The molecule has 0 spiro atoms. The number of rotatable bonds is 5. The molecule has 1 N–H and O–H groups in total. The van der Waals surface area contributed by atoms with Crippen molar-refractivity contribution in [2.75, 3.05) is 11.9 Å². The van der Waals surface area contributed by atoms with E-state index in [1.165, 1.54) is 14.7 Å². The number of esters is 1. The van der Waals surface area contributed by atoms with Crippen LogP contribution in [0.4, 0.5) is 11.4 Å². The molecule has 0 aromatic heterocycles. The van der Waals surface area contributed by atoms with Crippen LogP contribution < -0.4 is 10.1 Å². The van der Waals surface area contributed by atoms with Crippen LogP contribution in [0.5, 0.6) is 5.75 Å². The number of ether oxygens (including phenoxy) is 2. The molecule has 5 rings (SSSR count). The van der Waals surface area contributed by atoms with E-state index in [1.807, 2.05) is 44.2 Å². The van der Waals surface area contributed by atoms with Crippen LogP contribution in [-0.4, -0.2) is 18.2 Å². The quantitative estimate of drug-likeness (QED) is 0.151. The summed E-state index contributed by atoms with van der Waals surface area (Å²) >= 11 is 0. The van der Waals surface area contributed by atoms with Gasteiger partial charge in [0, 0.05) is 17.7 Å². The lowest BCUT2D eigenvalue weighted by Crippen LogP contribution is -2.29. The summed E-state index contributed by atoms with van der Waals surface area (Å²) in [5.41, 5.74) is 4.17. The Labute approximate surface area is 227 Å². The zero-order chi connectivity index (χ0) is 26.7. The molecule has 5 heteroatoms. The maximum Gasteiger partial charge on any atom is 0.345 e. The van der Waals surface area contributed by atoms with Crippen molar-refractivity contribution in [2.45, 2.75) is 48.0 Å². The van der Waals surface area contributed by atoms with Crippen molar-refractivity contribution in [2.24, 2.45) is 0 Å². The Morgan fingerprint density at radius 2 is 1.39 bits per heavy atom. The third-order valence-corrected chi connectivity index (χ3v) is 8.44. The van der Waals surface area contributed by atoms with Crippen molar-refractivity contribution in [1.29, 1.82) is 0 Å². The van der Waals surface area contributed by atoms with Crippen LogP contribution in [0.25, 0.3) is 0 Å². The molecule has 4 aromatic rings. The third kappa shape index (κ3) is 5.56. The minimum atomic E-state index is -0.929. The van der Waals surface area contributed by atoms with Crippen molar-refractivity contribution in [3.8, 4) is 17.6 Å². The molecule has 38 heavy (non-hydrogen) atoms. The highest BCUT2D eigenvalue weighted by atomic mass is 32.2. The highest BCUT2D eigenvalue weighted by Gasteiger charge is 2.38. The van der Waals surface area contributed by atoms with Gasteiger partial charge in [0.15, 0.2) is 26.9 Å². The van der Waals surface area contributed by atoms with Crippen molar-refractivity contribution < 1.29 is 14.3 Å². The van der Waals surface area contributed by atoms with E-state index in [-0.39, 0.29) is 17.5 Å². The first kappa shape index (κ1) is 25.5. The summed E-state index contributed by atoms with van der Waals surface area (Å²) in [5, 5.41) is 3.57. The number of anilines is 2. The summed E-state index contributed by atoms with van der Waals surface area (Å²) in [5.74, 6) is 6.35. The van der Waals surface area contributed by atoms with Gasteiger partial charge in [-0.3, -0.25) is 0 Å². The molecule has 4 aromatic carbocycles. The van der Waals surface area contributed by atoms with Crippen molar-refractivity contribution in [1.82, 2.24) is 0 Å². The molecule has 1 aliphatic heterocycles. The first-order valence-corrected chi connectivity index (χ1v) is 13.8. The van der Waals surface area contributed by atoms with Gasteiger partial charge >= 0.3 is 5.97 Å². The van der Waals surface area contributed by atoms with Gasteiger partial charge in [-0.2, -0.15) is 0 Å². The van der Waals surface area contributed by atoms with Gasteiger partial charge in [-0.15, -0.1) is 0 Å². The highest BCUT2D eigenvalue weighted by molar-refractivity contribution is 7.97. The van der Waals surface area contributed by atoms with E-state index in [1.54, 1.807) is 13.8 Å². The SMILES string of the molecule is Cc1cc([S+]2c3ccccc3Nc3ccccc32)cc(C)c1OCC(=O)OC(C)(C)C#Cc1ccccc1. The number of para-hydroxylation sites is 2. The number of benzene rings is 4. The summed E-state index contributed by atoms with van der Waals surface area (Å²) in [7, 11) is -0.256. The third-order valence-electron chi connectivity index (χ3n) is 6.14. The smallest absolute Gasteiger partial charge is 0.345 e. The standard InChI is InChI=1S/C33H30NO3S/c1-23-20-26(38-29-16-10-8-14-27(29)34-28-15-9-11-17-30(28)38)21-24(2)32(23)36-22-31(35)37-33(3,4)19-18-25-12-6-5-7-13-25/h5-17,20-21,34H,22H2,1-4H3/q+1. The van der Waals surface area contributed by atoms with Crippen molar-refractivity contribution in [3.63, 3.8) is 0 Å². The average Bonchev–Trinajstić information content (AvgIpc) is 2.90. The first-order valence-electron chi connectivity index (χ1n) is 12.5. The summed E-state index contributed by atoms with van der Waals surface area (Å²) in [6, 6.07) is 30.9. The van der Waals surface area contributed by atoms with Gasteiger partial charge in [0.2, 0.25) is 0 Å². The van der Waals surface area contributed by atoms with E-state index < -0.39 is 11.6 Å². The normalized spacial score (nSPS) is 12.3. The lowest BCUT2D eigenvalue weighted by atomic mass is 10.1. The molecule has 0 atom stereocenters. The average molecular weight is 521 g/mol. The molecule has 0 saturated heterocycles. The second-order valence-corrected chi connectivity index (χ2v) is 11.7. The number of carbonyl (C=O) groups excluding carboxylic acids is 1. The van der Waals surface area contributed by atoms with E-state index in [0.717, 1.165) is 28.1 Å². The summed E-state index contributed by atoms with van der Waals surface area (Å²) < 4.78 is 11.6. The molecule has 0 aliphatic carbocycles. The fourth-order valence-corrected chi connectivity index (χ4v) is 6.93. The minimum absolute atomic E-state index is 0.182. The number of hydrogen-bond donors (Lipinski definition) is 1. The lowest BCUT2D eigenvalue weighted by Gasteiger charge is -2.22. The predicted molar refractivity (Wildman–Crippen MR) is 153 cm³/mol. The Kier molecular flexibility index (Phi) is 7.18. The van der Waals surface area contributed by atoms with Crippen LogP contribution in [0, 0.1) is 25.7 Å². The number of hydrogen-bond acceptors (Lipinski definition) is 4. The summed E-state index contributed by atoms with van der Waals surface area (Å²) in [6.45, 7) is 7.42. The molecule has 0 unspecified atom stereocenters. The van der Waals surface area contributed by atoms with Crippen molar-refractivity contribution >= 4 is 28.2 Å². The number of nitrogens with one attached hydrogen (secondary N) is 1. The Hall–Kier alpha value is -4.14. The van der Waals surface area contributed by atoms with Crippen molar-refractivity contribution in [3.05, 3.63) is 108 Å². The zero-order valence-corrected chi connectivity index (χ0v) is 22.8. The number of aryl methyl sites for hydroxylation is 2. The van der Waals surface area contributed by atoms with Gasteiger partial charge in [0.05, 0.1) is 11.4 Å². The van der Waals surface area contributed by atoms with Gasteiger partial charge in [-0.05, 0) is 75.2 Å². The second kappa shape index (κ2) is 10.7. The van der Waals surface area contributed by atoms with Gasteiger partial charge in [-0.1, -0.05) is 54.3 Å². The monoisotopic (exact) mass is 520 g/mol. The predicted octanol–water partition coefficient (Wildman–Crippen LogP) is 7.21. The molecular weight excluding hydrogens is 490 g/mol. The Bertz CT molecular complexity index is 1480. The topological polar surface area (TPSA) is 47.6 Å². The van der Waals surface area contributed by atoms with E-state index in [0.29, 0.717) is 5.75 Å². The number of fused-ring (bicyclic) bond motifs is 2. The van der Waals surface area contributed by atoms with Crippen LogP contribution in [0.2, 0.25) is 0 Å². The Morgan fingerprint density at radius 1 is 0.842 bits per heavy atom. The Balaban J connectivity index is 1.33. The van der Waals surface area contributed by atoms with E-state index in [4.69, 9.17) is 9.47 Å². The molecule has 1 aliphatic rings. The summed E-state index contributed by atoms with van der Waals surface area (Å²) in [4.78, 5) is 16.4. The second-order valence-electron chi connectivity index (χ2n) is 9.70. The lowest BCUT2D eigenvalue weighted by molar-refractivity contribution is -0.154. The van der Waals surface area contributed by atoms with Crippen LogP contribution in [0.1, 0.15) is 30.5 Å². The molecule has 0 fully saturated rings. The van der Waals surface area contributed by atoms with Crippen LogP contribution >= 0.6 is 0 Å². The van der Waals surface area contributed by atoms with Crippen LogP contribution in [0.15, 0.2) is 106 Å². The van der Waals surface area contributed by atoms with Crippen LogP contribution in [0.3, 0.4) is 0 Å². The maximum atomic E-state index is 12.6. The molecule has 4 nitrogen and oxygen atoms in total. The fourth-order valence-electron chi connectivity index (χ4n) is 4.48. The van der Waals surface area contributed by atoms with E-state index in [9.17, 15) is 4.79 Å². The van der Waals surface area contributed by atoms with E-state index in [2.05, 4.69) is 77.8 Å². The molecule has 190 valence electrons. The fraction of sp³-hybridized carbons (Fsp3) is 0.182. The summed E-state index contributed by atoms with van der Waals surface area (Å²) in [6.07, 6.45) is 0.